The Hall–Kier alpha value is -1.96. The van der Waals surface area contributed by atoms with E-state index >= 15 is 0 Å². The number of anilines is 1. The Morgan fingerprint density at radius 1 is 1.43 bits per heavy atom. The molecule has 1 heterocycles. The van der Waals surface area contributed by atoms with Crippen molar-refractivity contribution < 1.29 is 14.5 Å². The highest BCUT2D eigenvalue weighted by Crippen LogP contribution is 2.32. The molecular weight excluding hydrogens is 342 g/mol. The van der Waals surface area contributed by atoms with E-state index < -0.39 is 11.0 Å². The Labute approximate surface area is 129 Å². The van der Waals surface area contributed by atoms with Crippen molar-refractivity contribution in [1.29, 1.82) is 0 Å². The second-order valence-electron chi connectivity index (χ2n) is 4.90. The minimum Gasteiger partial charge on any atom is -0.373 e. The van der Waals surface area contributed by atoms with Gasteiger partial charge in [-0.1, -0.05) is 0 Å². The number of nitrogens with zero attached hydrogens (tertiary/aromatic N) is 2. The molecule has 0 aromatic heterocycles. The number of halogens is 1. The molecule has 1 atom stereocenters. The van der Waals surface area contributed by atoms with Crippen molar-refractivity contribution in [2.24, 2.45) is 0 Å². The second-order valence-corrected chi connectivity index (χ2v) is 5.76. The zero-order valence-electron chi connectivity index (χ0n) is 11.6. The molecule has 21 heavy (non-hydrogen) atoms. The first-order valence-electron chi connectivity index (χ1n) is 6.32. The van der Waals surface area contributed by atoms with E-state index in [1.165, 1.54) is 13.1 Å². The van der Waals surface area contributed by atoms with Gasteiger partial charge < -0.3 is 5.32 Å². The highest BCUT2D eigenvalue weighted by Gasteiger charge is 2.32. The Bertz CT molecular complexity index is 632. The van der Waals surface area contributed by atoms with Crippen LogP contribution in [-0.4, -0.2) is 34.7 Å². The lowest BCUT2D eigenvalue weighted by Crippen LogP contribution is -2.48. The van der Waals surface area contributed by atoms with Crippen molar-refractivity contribution in [2.75, 3.05) is 12.4 Å². The van der Waals surface area contributed by atoms with Crippen LogP contribution in [0.3, 0.4) is 0 Å². The van der Waals surface area contributed by atoms with Crippen LogP contribution in [0.4, 0.5) is 11.4 Å². The minimum atomic E-state index is -0.509. The molecule has 1 aliphatic rings. The maximum absolute atomic E-state index is 12.0. The maximum Gasteiger partial charge on any atom is 0.273 e. The van der Waals surface area contributed by atoms with Gasteiger partial charge in [0.15, 0.2) is 0 Å². The first kappa shape index (κ1) is 15.4. The largest absolute Gasteiger partial charge is 0.373 e. The van der Waals surface area contributed by atoms with E-state index in [1.54, 1.807) is 13.0 Å². The number of amides is 2. The van der Waals surface area contributed by atoms with Crippen LogP contribution < -0.4 is 5.32 Å². The van der Waals surface area contributed by atoms with E-state index in [0.717, 1.165) is 4.90 Å². The molecule has 1 aromatic carbocycles. The quantitative estimate of drug-likeness (QED) is 0.509. The molecule has 8 heteroatoms. The molecule has 7 nitrogen and oxygen atoms in total. The summed E-state index contributed by atoms with van der Waals surface area (Å²) in [6, 6.07) is 2.51. The third-order valence-electron chi connectivity index (χ3n) is 3.46. The molecule has 112 valence electrons. The van der Waals surface area contributed by atoms with Gasteiger partial charge in [0.2, 0.25) is 5.91 Å². The van der Waals surface area contributed by atoms with Gasteiger partial charge in [0.25, 0.3) is 11.6 Å². The van der Waals surface area contributed by atoms with Gasteiger partial charge in [0.1, 0.15) is 6.04 Å². The Morgan fingerprint density at radius 3 is 2.71 bits per heavy atom. The number of nitrogens with one attached hydrogen (secondary N) is 1. The summed E-state index contributed by atoms with van der Waals surface area (Å²) in [6.45, 7) is 1.63. The average molecular weight is 356 g/mol. The summed E-state index contributed by atoms with van der Waals surface area (Å²) in [5.74, 6) is -0.494. The van der Waals surface area contributed by atoms with E-state index in [4.69, 9.17) is 0 Å². The van der Waals surface area contributed by atoms with E-state index in [2.05, 4.69) is 21.2 Å². The SMILES string of the molecule is Cc1cc(NC2CCC(=O)N(C)C2=O)c(Br)cc1[N+](=O)[O-]. The summed E-state index contributed by atoms with van der Waals surface area (Å²) in [5, 5.41) is 13.9. The minimum absolute atomic E-state index is 0.00897. The number of likely N-dealkylation sites (N-methyl/N-ethyl adjacent to an activating group) is 1. The molecule has 1 unspecified atom stereocenters. The van der Waals surface area contributed by atoms with Gasteiger partial charge in [0, 0.05) is 35.3 Å². The summed E-state index contributed by atoms with van der Waals surface area (Å²) in [5.41, 5.74) is 1.10. The van der Waals surface area contributed by atoms with Gasteiger partial charge in [0.05, 0.1) is 4.92 Å². The third kappa shape index (κ3) is 3.05. The summed E-state index contributed by atoms with van der Waals surface area (Å²) in [6.07, 6.45) is 0.702. The van der Waals surface area contributed by atoms with E-state index in [-0.39, 0.29) is 17.5 Å². The third-order valence-corrected chi connectivity index (χ3v) is 4.12. The summed E-state index contributed by atoms with van der Waals surface area (Å²) in [7, 11) is 1.45. The molecule has 0 radical (unpaired) electrons. The number of hydrogen-bond acceptors (Lipinski definition) is 5. The van der Waals surface area contributed by atoms with Crippen LogP contribution in [0, 0.1) is 17.0 Å². The molecule has 1 aromatic rings. The predicted octanol–water partition coefficient (Wildman–Crippen LogP) is 2.23. The number of benzene rings is 1. The lowest BCUT2D eigenvalue weighted by atomic mass is 10.0. The number of nitro groups is 1. The van der Waals surface area contributed by atoms with Crippen LogP contribution in [0.5, 0.6) is 0 Å². The first-order chi connectivity index (χ1) is 9.81. The Balaban J connectivity index is 2.24. The standard InChI is InChI=1S/C13H14BrN3O4/c1-7-5-10(8(14)6-11(7)17(20)21)15-9-3-4-12(18)16(2)13(9)19/h5-6,9,15H,3-4H2,1-2H3. The van der Waals surface area contributed by atoms with Gasteiger partial charge in [-0.25, -0.2) is 0 Å². The fourth-order valence-corrected chi connectivity index (χ4v) is 2.66. The molecule has 1 N–H and O–H groups in total. The van der Waals surface area contributed by atoms with Gasteiger partial charge in [-0.05, 0) is 35.3 Å². The van der Waals surface area contributed by atoms with Gasteiger partial charge in [-0.15, -0.1) is 0 Å². The molecule has 2 amide bonds. The fraction of sp³-hybridized carbons (Fsp3) is 0.385. The molecule has 1 aliphatic heterocycles. The van der Waals surface area contributed by atoms with Crippen molar-refractivity contribution in [1.82, 2.24) is 4.90 Å². The summed E-state index contributed by atoms with van der Waals surface area (Å²) >= 11 is 3.26. The summed E-state index contributed by atoms with van der Waals surface area (Å²) in [4.78, 5) is 35.0. The average Bonchev–Trinajstić information content (AvgIpc) is 2.42. The van der Waals surface area contributed by atoms with Crippen LogP contribution in [0.1, 0.15) is 18.4 Å². The monoisotopic (exact) mass is 355 g/mol. The molecule has 0 aliphatic carbocycles. The van der Waals surface area contributed by atoms with Crippen LogP contribution in [0.25, 0.3) is 0 Å². The van der Waals surface area contributed by atoms with Crippen molar-refractivity contribution >= 4 is 39.1 Å². The number of piperidine rings is 1. The number of nitro benzene ring substituents is 1. The zero-order valence-corrected chi connectivity index (χ0v) is 13.1. The van der Waals surface area contributed by atoms with Gasteiger partial charge in [-0.3, -0.25) is 24.6 Å². The predicted molar refractivity (Wildman–Crippen MR) is 80.0 cm³/mol. The van der Waals surface area contributed by atoms with Gasteiger partial charge in [-0.2, -0.15) is 0 Å². The van der Waals surface area contributed by atoms with Crippen LogP contribution in [0.15, 0.2) is 16.6 Å². The van der Waals surface area contributed by atoms with Crippen LogP contribution >= 0.6 is 15.9 Å². The number of carbonyl (C=O) groups excluding carboxylic acids is 2. The molecule has 1 fully saturated rings. The summed E-state index contributed by atoms with van der Waals surface area (Å²) < 4.78 is 0.507. The lowest BCUT2D eigenvalue weighted by Gasteiger charge is -2.29. The van der Waals surface area contributed by atoms with Crippen molar-refractivity contribution in [3.8, 4) is 0 Å². The van der Waals surface area contributed by atoms with E-state index in [1.807, 2.05) is 0 Å². The zero-order chi connectivity index (χ0) is 15.7. The number of hydrogen-bond donors (Lipinski definition) is 1. The maximum atomic E-state index is 12.0. The molecule has 0 bridgehead atoms. The van der Waals surface area contributed by atoms with Crippen molar-refractivity contribution in [2.45, 2.75) is 25.8 Å². The number of likely N-dealkylation sites (tertiary alicyclic amines) is 1. The number of carbonyl (C=O) groups is 2. The second kappa shape index (κ2) is 5.80. The lowest BCUT2D eigenvalue weighted by molar-refractivity contribution is -0.385. The Morgan fingerprint density at radius 2 is 2.10 bits per heavy atom. The van der Waals surface area contributed by atoms with Crippen molar-refractivity contribution in [3.05, 3.63) is 32.3 Å². The van der Waals surface area contributed by atoms with E-state index in [0.29, 0.717) is 28.6 Å². The number of imide groups is 1. The van der Waals surface area contributed by atoms with E-state index in [9.17, 15) is 19.7 Å². The molecule has 2 rings (SSSR count). The normalized spacial score (nSPS) is 18.8. The van der Waals surface area contributed by atoms with Crippen LogP contribution in [-0.2, 0) is 9.59 Å². The highest BCUT2D eigenvalue weighted by atomic mass is 79.9. The number of aryl methyl sites for hydroxylation is 1. The van der Waals surface area contributed by atoms with Crippen LogP contribution in [0.2, 0.25) is 0 Å². The molecule has 1 saturated heterocycles. The number of rotatable bonds is 3. The highest BCUT2D eigenvalue weighted by molar-refractivity contribution is 9.10. The fourth-order valence-electron chi connectivity index (χ4n) is 2.22. The topological polar surface area (TPSA) is 92.6 Å². The smallest absolute Gasteiger partial charge is 0.273 e. The molecule has 0 saturated carbocycles. The molecular formula is C13H14BrN3O4. The van der Waals surface area contributed by atoms with Crippen molar-refractivity contribution in [3.63, 3.8) is 0 Å². The Kier molecular flexibility index (Phi) is 4.26. The molecule has 0 spiro atoms. The first-order valence-corrected chi connectivity index (χ1v) is 7.12. The van der Waals surface area contributed by atoms with Gasteiger partial charge >= 0.3 is 0 Å².